The molecule has 5 heteroatoms. The zero-order valence-corrected chi connectivity index (χ0v) is 15.4. The van der Waals surface area contributed by atoms with E-state index < -0.39 is 0 Å². The molecule has 138 valence electrons. The van der Waals surface area contributed by atoms with Gasteiger partial charge in [0, 0.05) is 31.4 Å². The number of methoxy groups -OCH3 is 1. The maximum absolute atomic E-state index is 13.7. The molecule has 26 heavy (non-hydrogen) atoms. The highest BCUT2D eigenvalue weighted by Gasteiger charge is 2.45. The summed E-state index contributed by atoms with van der Waals surface area (Å²) in [7, 11) is 1.67. The lowest BCUT2D eigenvalue weighted by atomic mass is 9.77. The summed E-state index contributed by atoms with van der Waals surface area (Å²) in [6.07, 6.45) is 9.92. The normalized spacial score (nSPS) is 22.3. The number of benzene rings is 1. The standard InChI is InChI=1S/C21H27N3O2/c1-26-18-8-6-17(7-9-18)21(10-2-3-11-21)20(25)24-14-4-5-16(15-24)19-22-12-13-23-19/h6-9,12-13,16H,2-5,10-11,14-15H2,1H3,(H,22,23)/t16-/m1/s1. The number of carbonyl (C=O) groups is 1. The molecule has 4 rings (SSSR count). The number of ether oxygens (including phenoxy) is 1. The number of hydrogen-bond donors (Lipinski definition) is 1. The molecule has 1 saturated carbocycles. The average Bonchev–Trinajstić information content (AvgIpc) is 3.40. The Morgan fingerprint density at radius 2 is 2.00 bits per heavy atom. The number of piperidine rings is 1. The molecular weight excluding hydrogens is 326 g/mol. The zero-order valence-electron chi connectivity index (χ0n) is 15.4. The largest absolute Gasteiger partial charge is 0.497 e. The summed E-state index contributed by atoms with van der Waals surface area (Å²) in [4.78, 5) is 23.4. The molecule has 5 nitrogen and oxygen atoms in total. The van der Waals surface area contributed by atoms with Gasteiger partial charge in [-0.05, 0) is 43.4 Å². The minimum absolute atomic E-state index is 0.302. The van der Waals surface area contributed by atoms with Gasteiger partial charge in [0.2, 0.25) is 5.91 Å². The van der Waals surface area contributed by atoms with Crippen LogP contribution in [0.1, 0.15) is 55.8 Å². The van der Waals surface area contributed by atoms with Crippen molar-refractivity contribution in [2.24, 2.45) is 0 Å². The van der Waals surface area contributed by atoms with E-state index in [1.807, 2.05) is 18.3 Å². The molecule has 1 atom stereocenters. The van der Waals surface area contributed by atoms with Crippen molar-refractivity contribution in [3.05, 3.63) is 48.0 Å². The van der Waals surface area contributed by atoms with Crippen LogP contribution in [0, 0.1) is 0 Å². The van der Waals surface area contributed by atoms with Crippen LogP contribution in [0.25, 0.3) is 0 Å². The number of rotatable bonds is 4. The lowest BCUT2D eigenvalue weighted by Crippen LogP contribution is -2.49. The van der Waals surface area contributed by atoms with Gasteiger partial charge in [-0.3, -0.25) is 4.79 Å². The van der Waals surface area contributed by atoms with Gasteiger partial charge in [0.25, 0.3) is 0 Å². The summed E-state index contributed by atoms with van der Waals surface area (Å²) < 4.78 is 5.29. The van der Waals surface area contributed by atoms with E-state index in [-0.39, 0.29) is 5.41 Å². The quantitative estimate of drug-likeness (QED) is 0.913. The Balaban J connectivity index is 1.58. The van der Waals surface area contributed by atoms with E-state index in [0.29, 0.717) is 11.8 Å². The van der Waals surface area contributed by atoms with Crippen LogP contribution in [0.4, 0.5) is 0 Å². The molecule has 2 aliphatic rings. The molecule has 1 aromatic heterocycles. The number of aromatic amines is 1. The van der Waals surface area contributed by atoms with E-state index in [2.05, 4.69) is 27.0 Å². The van der Waals surface area contributed by atoms with E-state index in [1.165, 1.54) is 0 Å². The Labute approximate surface area is 154 Å². The van der Waals surface area contributed by atoms with Crippen molar-refractivity contribution in [3.63, 3.8) is 0 Å². The van der Waals surface area contributed by atoms with Crippen LogP contribution in [0.2, 0.25) is 0 Å². The first-order valence-electron chi connectivity index (χ1n) is 9.66. The number of carbonyl (C=O) groups excluding carboxylic acids is 1. The van der Waals surface area contributed by atoms with Gasteiger partial charge in [-0.25, -0.2) is 4.98 Å². The molecule has 2 fully saturated rings. The van der Waals surface area contributed by atoms with Crippen molar-refractivity contribution in [1.29, 1.82) is 0 Å². The molecule has 1 N–H and O–H groups in total. The van der Waals surface area contributed by atoms with E-state index in [9.17, 15) is 4.79 Å². The summed E-state index contributed by atoms with van der Waals surface area (Å²) in [6, 6.07) is 8.11. The maximum Gasteiger partial charge on any atom is 0.233 e. The highest BCUT2D eigenvalue weighted by Crippen LogP contribution is 2.44. The monoisotopic (exact) mass is 353 g/mol. The van der Waals surface area contributed by atoms with Gasteiger partial charge in [-0.2, -0.15) is 0 Å². The first-order chi connectivity index (χ1) is 12.7. The minimum Gasteiger partial charge on any atom is -0.497 e. The second-order valence-corrected chi connectivity index (χ2v) is 7.58. The number of imidazole rings is 1. The fraction of sp³-hybridized carbons (Fsp3) is 0.524. The molecule has 0 bridgehead atoms. The summed E-state index contributed by atoms with van der Waals surface area (Å²) in [5, 5.41) is 0. The van der Waals surface area contributed by atoms with Crippen LogP contribution in [0.5, 0.6) is 5.75 Å². The molecule has 1 saturated heterocycles. The molecule has 1 aliphatic heterocycles. The SMILES string of the molecule is COc1ccc(C2(C(=O)N3CCC[C@@H](c4ncc[nH]4)C3)CCCC2)cc1. The maximum atomic E-state index is 13.7. The molecule has 0 unspecified atom stereocenters. The highest BCUT2D eigenvalue weighted by molar-refractivity contribution is 5.89. The van der Waals surface area contributed by atoms with Crippen molar-refractivity contribution >= 4 is 5.91 Å². The highest BCUT2D eigenvalue weighted by atomic mass is 16.5. The minimum atomic E-state index is -0.364. The summed E-state index contributed by atoms with van der Waals surface area (Å²) in [6.45, 7) is 1.62. The number of nitrogens with zero attached hydrogens (tertiary/aromatic N) is 2. The van der Waals surface area contributed by atoms with Crippen LogP contribution in [-0.4, -0.2) is 41.0 Å². The van der Waals surface area contributed by atoms with Gasteiger partial charge in [0.15, 0.2) is 0 Å². The van der Waals surface area contributed by atoms with Crippen LogP contribution >= 0.6 is 0 Å². The Kier molecular flexibility index (Phi) is 4.70. The molecule has 2 heterocycles. The number of amides is 1. The van der Waals surface area contributed by atoms with Gasteiger partial charge in [0.05, 0.1) is 12.5 Å². The van der Waals surface area contributed by atoms with Crippen LogP contribution in [-0.2, 0) is 10.2 Å². The first-order valence-corrected chi connectivity index (χ1v) is 9.66. The van der Waals surface area contributed by atoms with Gasteiger partial charge in [-0.15, -0.1) is 0 Å². The fourth-order valence-electron chi connectivity index (χ4n) is 4.70. The molecule has 1 aromatic carbocycles. The van der Waals surface area contributed by atoms with Crippen molar-refractivity contribution in [3.8, 4) is 5.75 Å². The van der Waals surface area contributed by atoms with Crippen LogP contribution < -0.4 is 4.74 Å². The van der Waals surface area contributed by atoms with E-state index in [0.717, 1.165) is 68.8 Å². The topological polar surface area (TPSA) is 58.2 Å². The number of nitrogens with one attached hydrogen (secondary N) is 1. The summed E-state index contributed by atoms with van der Waals surface area (Å²) in [5.41, 5.74) is 0.776. The zero-order chi connectivity index (χ0) is 18.0. The molecule has 0 radical (unpaired) electrons. The molecule has 0 spiro atoms. The smallest absolute Gasteiger partial charge is 0.233 e. The summed E-state index contributed by atoms with van der Waals surface area (Å²) >= 11 is 0. The Bertz CT molecular complexity index is 733. The van der Waals surface area contributed by atoms with Gasteiger partial charge >= 0.3 is 0 Å². The lowest BCUT2D eigenvalue weighted by Gasteiger charge is -2.39. The predicted octanol–water partition coefficient (Wildman–Crippen LogP) is 3.64. The van der Waals surface area contributed by atoms with Crippen molar-refractivity contribution in [1.82, 2.24) is 14.9 Å². The third-order valence-electron chi connectivity index (χ3n) is 6.12. The van der Waals surface area contributed by atoms with Crippen molar-refractivity contribution in [2.75, 3.05) is 20.2 Å². The van der Waals surface area contributed by atoms with E-state index >= 15 is 0 Å². The molecule has 1 aliphatic carbocycles. The number of aromatic nitrogens is 2. The summed E-state index contributed by atoms with van der Waals surface area (Å²) in [5.74, 6) is 2.46. The predicted molar refractivity (Wildman–Crippen MR) is 100 cm³/mol. The van der Waals surface area contributed by atoms with Crippen LogP contribution in [0.15, 0.2) is 36.7 Å². The number of likely N-dealkylation sites (tertiary alicyclic amines) is 1. The lowest BCUT2D eigenvalue weighted by molar-refractivity contribution is -0.138. The average molecular weight is 353 g/mol. The number of H-pyrrole nitrogens is 1. The van der Waals surface area contributed by atoms with E-state index in [1.54, 1.807) is 13.3 Å². The van der Waals surface area contributed by atoms with Gasteiger partial charge < -0.3 is 14.6 Å². The first kappa shape index (κ1) is 17.1. The third kappa shape index (κ3) is 3.00. The molecule has 1 amide bonds. The van der Waals surface area contributed by atoms with Gasteiger partial charge in [-0.1, -0.05) is 25.0 Å². The Morgan fingerprint density at radius 1 is 1.23 bits per heavy atom. The number of hydrogen-bond acceptors (Lipinski definition) is 3. The molecular formula is C21H27N3O2. The fourth-order valence-corrected chi connectivity index (χ4v) is 4.70. The Morgan fingerprint density at radius 3 is 2.65 bits per heavy atom. The van der Waals surface area contributed by atoms with Crippen LogP contribution in [0.3, 0.4) is 0 Å². The van der Waals surface area contributed by atoms with Gasteiger partial charge in [0.1, 0.15) is 11.6 Å². The second-order valence-electron chi connectivity index (χ2n) is 7.58. The van der Waals surface area contributed by atoms with Crippen molar-refractivity contribution < 1.29 is 9.53 Å². The molecule has 2 aromatic rings. The van der Waals surface area contributed by atoms with Crippen molar-refractivity contribution in [2.45, 2.75) is 49.9 Å². The second kappa shape index (κ2) is 7.14. The Hall–Kier alpha value is -2.30. The van der Waals surface area contributed by atoms with E-state index in [4.69, 9.17) is 4.74 Å². The third-order valence-corrected chi connectivity index (χ3v) is 6.12.